The fourth-order valence-electron chi connectivity index (χ4n) is 5.81. The molecular weight excluding hydrogens is 284 g/mol. The molecule has 0 aromatic heterocycles. The zero-order chi connectivity index (χ0) is 16.0. The Balaban J connectivity index is 1.37. The van der Waals surface area contributed by atoms with Crippen LogP contribution in [0.25, 0.3) is 0 Å². The van der Waals surface area contributed by atoms with Crippen molar-refractivity contribution < 1.29 is 4.79 Å². The van der Waals surface area contributed by atoms with Gasteiger partial charge < -0.3 is 10.6 Å². The minimum atomic E-state index is -0.0468. The number of amides is 2. The fraction of sp³-hybridized carbons (Fsp3) is 0.650. The van der Waals surface area contributed by atoms with Crippen LogP contribution < -0.4 is 10.6 Å². The summed E-state index contributed by atoms with van der Waals surface area (Å²) in [6.45, 7) is 4.94. The van der Waals surface area contributed by atoms with Crippen LogP contribution in [0.15, 0.2) is 18.2 Å². The maximum Gasteiger partial charge on any atom is 0.319 e. The summed E-state index contributed by atoms with van der Waals surface area (Å²) >= 11 is 0. The highest BCUT2D eigenvalue weighted by atomic mass is 16.2. The molecule has 0 heterocycles. The second-order valence-electron chi connectivity index (χ2n) is 8.54. The van der Waals surface area contributed by atoms with E-state index in [2.05, 4.69) is 29.7 Å². The molecule has 5 rings (SSSR count). The molecule has 2 N–H and O–H groups in total. The van der Waals surface area contributed by atoms with Crippen molar-refractivity contribution in [1.29, 1.82) is 0 Å². The summed E-state index contributed by atoms with van der Waals surface area (Å²) in [5.74, 6) is 2.81. The molecule has 0 unspecified atom stereocenters. The van der Waals surface area contributed by atoms with E-state index in [-0.39, 0.29) is 6.03 Å². The third-order valence-corrected chi connectivity index (χ3v) is 6.43. The van der Waals surface area contributed by atoms with E-state index in [1.165, 1.54) is 44.1 Å². The zero-order valence-electron chi connectivity index (χ0n) is 14.3. The van der Waals surface area contributed by atoms with Crippen LogP contribution in [-0.4, -0.2) is 12.6 Å². The molecule has 0 spiro atoms. The van der Waals surface area contributed by atoms with Crippen LogP contribution in [0.1, 0.15) is 49.7 Å². The highest BCUT2D eigenvalue weighted by molar-refractivity contribution is 5.90. The van der Waals surface area contributed by atoms with Crippen LogP contribution in [0.2, 0.25) is 0 Å². The highest BCUT2D eigenvalue weighted by Crippen LogP contribution is 2.59. The molecule has 4 fully saturated rings. The first-order chi connectivity index (χ1) is 11.0. The Labute approximate surface area is 139 Å². The van der Waals surface area contributed by atoms with Gasteiger partial charge in [0.05, 0.1) is 0 Å². The van der Waals surface area contributed by atoms with E-state index < -0.39 is 0 Å². The van der Waals surface area contributed by atoms with Gasteiger partial charge in [-0.15, -0.1) is 0 Å². The van der Waals surface area contributed by atoms with Gasteiger partial charge in [-0.3, -0.25) is 0 Å². The first-order valence-electron chi connectivity index (χ1n) is 9.13. The van der Waals surface area contributed by atoms with Crippen molar-refractivity contribution in [2.45, 2.75) is 52.4 Å². The molecule has 0 radical (unpaired) electrons. The van der Waals surface area contributed by atoms with Gasteiger partial charge in [0.15, 0.2) is 0 Å². The number of anilines is 1. The summed E-state index contributed by atoms with van der Waals surface area (Å²) in [4.78, 5) is 12.3. The number of nitrogens with one attached hydrogen (secondary N) is 2. The number of carbonyl (C=O) groups excluding carboxylic acids is 1. The quantitative estimate of drug-likeness (QED) is 0.838. The van der Waals surface area contributed by atoms with Crippen molar-refractivity contribution in [2.75, 3.05) is 11.9 Å². The van der Waals surface area contributed by atoms with Gasteiger partial charge in [-0.05, 0) is 92.7 Å². The molecule has 1 aromatic carbocycles. The van der Waals surface area contributed by atoms with Crippen LogP contribution in [0.5, 0.6) is 0 Å². The van der Waals surface area contributed by atoms with Crippen molar-refractivity contribution in [3.05, 3.63) is 29.3 Å². The maximum absolute atomic E-state index is 12.3. The first-order valence-corrected chi connectivity index (χ1v) is 9.13. The van der Waals surface area contributed by atoms with Crippen molar-refractivity contribution in [3.63, 3.8) is 0 Å². The molecule has 23 heavy (non-hydrogen) atoms. The number of hydrogen-bond donors (Lipinski definition) is 2. The molecule has 2 amide bonds. The lowest BCUT2D eigenvalue weighted by Gasteiger charge is -2.56. The van der Waals surface area contributed by atoms with Crippen molar-refractivity contribution in [2.24, 2.45) is 23.2 Å². The topological polar surface area (TPSA) is 41.1 Å². The maximum atomic E-state index is 12.3. The molecule has 4 aliphatic carbocycles. The van der Waals surface area contributed by atoms with Gasteiger partial charge in [-0.1, -0.05) is 12.1 Å². The third-order valence-electron chi connectivity index (χ3n) is 6.43. The second-order valence-corrected chi connectivity index (χ2v) is 8.54. The largest absolute Gasteiger partial charge is 0.337 e. The highest BCUT2D eigenvalue weighted by Gasteiger charge is 2.50. The Morgan fingerprint density at radius 2 is 1.70 bits per heavy atom. The molecule has 0 aliphatic heterocycles. The molecule has 4 aliphatic rings. The Hall–Kier alpha value is -1.51. The zero-order valence-corrected chi connectivity index (χ0v) is 14.3. The van der Waals surface area contributed by atoms with Gasteiger partial charge >= 0.3 is 6.03 Å². The summed E-state index contributed by atoms with van der Waals surface area (Å²) in [7, 11) is 0. The molecule has 1 aromatic rings. The van der Waals surface area contributed by atoms with E-state index in [1.54, 1.807) is 0 Å². The van der Waals surface area contributed by atoms with Crippen LogP contribution >= 0.6 is 0 Å². The number of carbonyl (C=O) groups is 1. The molecular formula is C20H28N2O. The Morgan fingerprint density at radius 1 is 1.09 bits per heavy atom. The lowest BCUT2D eigenvalue weighted by atomic mass is 9.49. The van der Waals surface area contributed by atoms with Gasteiger partial charge in [0.2, 0.25) is 0 Å². The molecule has 124 valence electrons. The minimum absolute atomic E-state index is 0.0468. The molecule has 3 nitrogen and oxygen atoms in total. The normalized spacial score (nSPS) is 34.4. The van der Waals surface area contributed by atoms with Gasteiger partial charge in [0.1, 0.15) is 0 Å². The average molecular weight is 312 g/mol. The Kier molecular flexibility index (Phi) is 3.62. The van der Waals surface area contributed by atoms with E-state index in [9.17, 15) is 4.79 Å². The lowest BCUT2D eigenvalue weighted by molar-refractivity contribution is -0.0496. The van der Waals surface area contributed by atoms with E-state index in [4.69, 9.17) is 0 Å². The van der Waals surface area contributed by atoms with E-state index >= 15 is 0 Å². The van der Waals surface area contributed by atoms with Crippen molar-refractivity contribution >= 4 is 11.7 Å². The summed E-state index contributed by atoms with van der Waals surface area (Å²) < 4.78 is 0. The number of aryl methyl sites for hydroxylation is 2. The molecule has 3 heteroatoms. The molecule has 4 bridgehead atoms. The monoisotopic (exact) mass is 312 g/mol. The van der Waals surface area contributed by atoms with Gasteiger partial charge in [-0.25, -0.2) is 4.79 Å². The summed E-state index contributed by atoms with van der Waals surface area (Å²) in [6.07, 6.45) is 8.37. The number of rotatable bonds is 3. The second kappa shape index (κ2) is 5.54. The van der Waals surface area contributed by atoms with E-state index in [0.717, 1.165) is 35.5 Å². The predicted octanol–water partition coefficient (Wildman–Crippen LogP) is 4.64. The van der Waals surface area contributed by atoms with Crippen LogP contribution in [0, 0.1) is 37.0 Å². The van der Waals surface area contributed by atoms with Crippen LogP contribution in [0.3, 0.4) is 0 Å². The lowest BCUT2D eigenvalue weighted by Crippen LogP contribution is -2.51. The molecule has 4 saturated carbocycles. The average Bonchev–Trinajstić information content (AvgIpc) is 2.48. The first kappa shape index (κ1) is 15.0. The van der Waals surface area contributed by atoms with Crippen molar-refractivity contribution in [3.8, 4) is 0 Å². The van der Waals surface area contributed by atoms with Crippen LogP contribution in [-0.2, 0) is 0 Å². The smallest absolute Gasteiger partial charge is 0.319 e. The third kappa shape index (κ3) is 2.98. The predicted molar refractivity (Wildman–Crippen MR) is 93.5 cm³/mol. The number of hydrogen-bond acceptors (Lipinski definition) is 1. The SMILES string of the molecule is Cc1ccc(C)c(NC(=O)NCC23CC4CC(CC(C4)C2)C3)c1. The Bertz CT molecular complexity index is 587. The van der Waals surface area contributed by atoms with E-state index in [0.29, 0.717) is 5.41 Å². The van der Waals surface area contributed by atoms with Gasteiger partial charge in [0, 0.05) is 12.2 Å². The summed E-state index contributed by atoms with van der Waals surface area (Å²) in [6, 6.07) is 6.13. The van der Waals surface area contributed by atoms with E-state index in [1.807, 2.05) is 13.0 Å². The summed E-state index contributed by atoms with van der Waals surface area (Å²) in [5, 5.41) is 6.22. The number of urea groups is 1. The van der Waals surface area contributed by atoms with Gasteiger partial charge in [0.25, 0.3) is 0 Å². The molecule has 0 saturated heterocycles. The summed E-state index contributed by atoms with van der Waals surface area (Å²) in [5.41, 5.74) is 3.61. The van der Waals surface area contributed by atoms with Crippen molar-refractivity contribution in [1.82, 2.24) is 5.32 Å². The fourth-order valence-corrected chi connectivity index (χ4v) is 5.81. The van der Waals surface area contributed by atoms with Gasteiger partial charge in [-0.2, -0.15) is 0 Å². The standard InChI is InChI=1S/C20H28N2O/c1-13-3-4-14(2)18(5-13)22-19(23)21-12-20-9-15-6-16(10-20)8-17(7-15)11-20/h3-5,15-17H,6-12H2,1-2H3,(H2,21,22,23). The molecule has 0 atom stereocenters. The number of benzene rings is 1. The Morgan fingerprint density at radius 3 is 2.30 bits per heavy atom. The minimum Gasteiger partial charge on any atom is -0.337 e. The van der Waals surface area contributed by atoms with Crippen LogP contribution in [0.4, 0.5) is 10.5 Å².